The second kappa shape index (κ2) is 5.12. The van der Waals surface area contributed by atoms with Gasteiger partial charge in [0.05, 0.1) is 5.56 Å². The van der Waals surface area contributed by atoms with Gasteiger partial charge in [-0.2, -0.15) is 9.57 Å². The largest absolute Gasteiger partial charge is 0.480 e. The monoisotopic (exact) mass is 269 g/mol. The van der Waals surface area contributed by atoms with Gasteiger partial charge in [0.25, 0.3) is 0 Å². The Hall–Kier alpha value is -1.98. The SMILES string of the molecule is CC(C(=O)O)N(C)S(=O)(=O)c1cncc(C#N)c1. The van der Waals surface area contributed by atoms with E-state index < -0.39 is 22.0 Å². The Labute approximate surface area is 104 Å². The number of nitrogens with zero attached hydrogens (tertiary/aromatic N) is 3. The summed E-state index contributed by atoms with van der Waals surface area (Å²) >= 11 is 0. The molecule has 1 unspecified atom stereocenters. The Morgan fingerprint density at radius 2 is 2.17 bits per heavy atom. The first-order chi connectivity index (χ1) is 8.30. The van der Waals surface area contributed by atoms with Gasteiger partial charge >= 0.3 is 5.97 Å². The Morgan fingerprint density at radius 3 is 2.67 bits per heavy atom. The molecule has 0 amide bonds. The average molecular weight is 269 g/mol. The van der Waals surface area contributed by atoms with Crippen molar-refractivity contribution in [3.8, 4) is 6.07 Å². The molecule has 0 aliphatic carbocycles. The van der Waals surface area contributed by atoms with Gasteiger partial charge in [0.15, 0.2) is 0 Å². The number of carbonyl (C=O) groups is 1. The smallest absolute Gasteiger partial charge is 0.321 e. The maximum absolute atomic E-state index is 12.1. The van der Waals surface area contributed by atoms with Crippen LogP contribution in [0.2, 0.25) is 0 Å². The number of aliphatic carboxylic acids is 1. The molecule has 0 aromatic carbocycles. The molecular formula is C10H11N3O4S. The molecule has 8 heteroatoms. The molecule has 0 saturated carbocycles. The Balaban J connectivity index is 3.22. The number of hydrogen-bond donors (Lipinski definition) is 1. The number of hydrogen-bond acceptors (Lipinski definition) is 5. The highest BCUT2D eigenvalue weighted by Crippen LogP contribution is 2.16. The van der Waals surface area contributed by atoms with Crippen LogP contribution in [0.4, 0.5) is 0 Å². The van der Waals surface area contributed by atoms with Gasteiger partial charge in [0.1, 0.15) is 17.0 Å². The molecule has 96 valence electrons. The van der Waals surface area contributed by atoms with Crippen molar-refractivity contribution in [2.75, 3.05) is 7.05 Å². The van der Waals surface area contributed by atoms with E-state index in [0.717, 1.165) is 19.3 Å². The molecule has 0 aliphatic rings. The third-order valence-electron chi connectivity index (χ3n) is 2.42. The molecule has 0 radical (unpaired) electrons. The van der Waals surface area contributed by atoms with Crippen LogP contribution in [0.1, 0.15) is 12.5 Å². The summed E-state index contributed by atoms with van der Waals surface area (Å²) in [5, 5.41) is 17.5. The third kappa shape index (κ3) is 2.64. The van der Waals surface area contributed by atoms with Crippen LogP contribution >= 0.6 is 0 Å². The summed E-state index contributed by atoms with van der Waals surface area (Å²) < 4.78 is 24.8. The lowest BCUT2D eigenvalue weighted by Crippen LogP contribution is -2.40. The fourth-order valence-electron chi connectivity index (χ4n) is 1.15. The number of aromatic nitrogens is 1. The van der Waals surface area contributed by atoms with Crippen molar-refractivity contribution in [2.24, 2.45) is 0 Å². The number of sulfonamides is 1. The number of nitriles is 1. The standard InChI is InChI=1S/C10H11N3O4S/c1-7(10(14)15)13(2)18(16,17)9-3-8(4-11)5-12-6-9/h3,5-7H,1-2H3,(H,14,15). The number of rotatable bonds is 4. The highest BCUT2D eigenvalue weighted by molar-refractivity contribution is 7.89. The molecular weight excluding hydrogens is 258 g/mol. The first-order valence-corrected chi connectivity index (χ1v) is 6.30. The van der Waals surface area contributed by atoms with Crippen molar-refractivity contribution in [1.29, 1.82) is 5.26 Å². The van der Waals surface area contributed by atoms with Gasteiger partial charge in [-0.05, 0) is 13.0 Å². The van der Waals surface area contributed by atoms with E-state index in [1.54, 1.807) is 6.07 Å². The van der Waals surface area contributed by atoms with Gasteiger partial charge in [0.2, 0.25) is 10.0 Å². The topological polar surface area (TPSA) is 111 Å². The summed E-state index contributed by atoms with van der Waals surface area (Å²) in [6, 6.07) is 1.71. The van der Waals surface area contributed by atoms with Crippen LogP contribution in [-0.2, 0) is 14.8 Å². The summed E-state index contributed by atoms with van der Waals surface area (Å²) in [7, 11) is -2.82. The van der Waals surface area contributed by atoms with Crippen molar-refractivity contribution < 1.29 is 18.3 Å². The molecule has 0 fully saturated rings. The van der Waals surface area contributed by atoms with Gasteiger partial charge in [-0.3, -0.25) is 9.78 Å². The van der Waals surface area contributed by atoms with Gasteiger partial charge in [-0.1, -0.05) is 0 Å². The predicted octanol–water partition coefficient (Wildman–Crippen LogP) is 0.0469. The zero-order valence-corrected chi connectivity index (χ0v) is 10.5. The summed E-state index contributed by atoms with van der Waals surface area (Å²) in [5.41, 5.74) is 0.0902. The molecule has 0 saturated heterocycles. The third-order valence-corrected chi connectivity index (χ3v) is 4.32. The minimum absolute atomic E-state index is 0.0902. The molecule has 1 atom stereocenters. The summed E-state index contributed by atoms with van der Waals surface area (Å²) in [6.45, 7) is 1.25. The summed E-state index contributed by atoms with van der Waals surface area (Å²) in [6.07, 6.45) is 2.29. The number of carboxylic acids is 1. The molecule has 0 spiro atoms. The van der Waals surface area contributed by atoms with E-state index in [-0.39, 0.29) is 10.5 Å². The summed E-state index contributed by atoms with van der Waals surface area (Å²) in [4.78, 5) is 14.2. The van der Waals surface area contributed by atoms with E-state index in [4.69, 9.17) is 10.4 Å². The minimum Gasteiger partial charge on any atom is -0.480 e. The first-order valence-electron chi connectivity index (χ1n) is 4.86. The highest BCUT2D eigenvalue weighted by atomic mass is 32.2. The number of pyridine rings is 1. The van der Waals surface area contributed by atoms with E-state index in [1.165, 1.54) is 13.1 Å². The van der Waals surface area contributed by atoms with Gasteiger partial charge in [-0.15, -0.1) is 0 Å². The maximum Gasteiger partial charge on any atom is 0.321 e. The van der Waals surface area contributed by atoms with Crippen LogP contribution in [0.25, 0.3) is 0 Å². The summed E-state index contributed by atoms with van der Waals surface area (Å²) in [5.74, 6) is -1.26. The van der Waals surface area contributed by atoms with Crippen LogP contribution in [0, 0.1) is 11.3 Å². The first kappa shape index (κ1) is 14.1. The molecule has 0 bridgehead atoms. The van der Waals surface area contributed by atoms with Gasteiger partial charge in [-0.25, -0.2) is 8.42 Å². The van der Waals surface area contributed by atoms with E-state index in [9.17, 15) is 13.2 Å². The molecule has 1 N–H and O–H groups in total. The van der Waals surface area contributed by atoms with Crippen LogP contribution < -0.4 is 0 Å². The molecule has 1 aromatic rings. The zero-order chi connectivity index (χ0) is 13.9. The van der Waals surface area contributed by atoms with Crippen molar-refractivity contribution in [3.05, 3.63) is 24.0 Å². The van der Waals surface area contributed by atoms with Crippen LogP contribution in [0.15, 0.2) is 23.4 Å². The van der Waals surface area contributed by atoms with Crippen molar-refractivity contribution in [1.82, 2.24) is 9.29 Å². The van der Waals surface area contributed by atoms with Crippen molar-refractivity contribution in [3.63, 3.8) is 0 Å². The van der Waals surface area contributed by atoms with Crippen LogP contribution in [-0.4, -0.2) is 41.9 Å². The predicted molar refractivity (Wildman–Crippen MR) is 61.0 cm³/mol. The van der Waals surface area contributed by atoms with Gasteiger partial charge in [0, 0.05) is 19.4 Å². The normalized spacial score (nSPS) is 13.0. The molecule has 1 heterocycles. The quantitative estimate of drug-likeness (QED) is 0.826. The molecule has 1 rings (SSSR count). The lowest BCUT2D eigenvalue weighted by atomic mass is 10.3. The second-order valence-electron chi connectivity index (χ2n) is 3.56. The fourth-order valence-corrected chi connectivity index (χ4v) is 2.46. The minimum atomic E-state index is -3.98. The van der Waals surface area contributed by atoms with Crippen LogP contribution in [0.3, 0.4) is 0 Å². The highest BCUT2D eigenvalue weighted by Gasteiger charge is 2.29. The fraction of sp³-hybridized carbons (Fsp3) is 0.300. The molecule has 18 heavy (non-hydrogen) atoms. The molecule has 7 nitrogen and oxygen atoms in total. The zero-order valence-electron chi connectivity index (χ0n) is 9.73. The molecule has 1 aromatic heterocycles. The average Bonchev–Trinajstić information content (AvgIpc) is 2.36. The van der Waals surface area contributed by atoms with E-state index in [2.05, 4.69) is 4.98 Å². The number of carboxylic acid groups (broad SMARTS) is 1. The van der Waals surface area contributed by atoms with Gasteiger partial charge < -0.3 is 5.11 Å². The van der Waals surface area contributed by atoms with E-state index in [0.29, 0.717) is 4.31 Å². The Bertz CT molecular complexity index is 606. The maximum atomic E-state index is 12.1. The Morgan fingerprint density at radius 1 is 1.56 bits per heavy atom. The lowest BCUT2D eigenvalue weighted by molar-refractivity contribution is -0.140. The van der Waals surface area contributed by atoms with E-state index >= 15 is 0 Å². The van der Waals surface area contributed by atoms with Crippen molar-refractivity contribution >= 4 is 16.0 Å². The van der Waals surface area contributed by atoms with Crippen molar-refractivity contribution in [2.45, 2.75) is 17.9 Å². The second-order valence-corrected chi connectivity index (χ2v) is 5.55. The van der Waals surface area contributed by atoms with E-state index in [1.807, 2.05) is 0 Å². The lowest BCUT2D eigenvalue weighted by Gasteiger charge is -2.20. The van der Waals surface area contributed by atoms with Crippen LogP contribution in [0.5, 0.6) is 0 Å². The molecule has 0 aliphatic heterocycles. The Kier molecular flexibility index (Phi) is 4.00. The number of likely N-dealkylation sites (N-methyl/N-ethyl adjacent to an activating group) is 1.